The van der Waals surface area contributed by atoms with Gasteiger partial charge in [-0.05, 0) is 17.5 Å². The van der Waals surface area contributed by atoms with Gasteiger partial charge in [0.15, 0.2) is 5.69 Å². The first-order valence-corrected chi connectivity index (χ1v) is 12.2. The molecule has 0 saturated carbocycles. The summed E-state index contributed by atoms with van der Waals surface area (Å²) in [5.41, 5.74) is 7.07. The number of methoxy groups -OCH3 is 1. The summed E-state index contributed by atoms with van der Waals surface area (Å²) in [6, 6.07) is 19.9. The highest BCUT2D eigenvalue weighted by molar-refractivity contribution is 8.00. The lowest BCUT2D eigenvalue weighted by Crippen LogP contribution is -2.43. The molecule has 0 unspecified atom stereocenters. The second-order valence-electron chi connectivity index (χ2n) is 7.70. The summed E-state index contributed by atoms with van der Waals surface area (Å²) in [5.74, 6) is -0.213. The maximum atomic E-state index is 13.4. The third-order valence-electron chi connectivity index (χ3n) is 5.33. The van der Waals surface area contributed by atoms with E-state index in [-0.39, 0.29) is 41.6 Å². The summed E-state index contributed by atoms with van der Waals surface area (Å²) in [4.78, 5) is 42.0. The van der Waals surface area contributed by atoms with E-state index in [1.807, 2.05) is 67.6 Å². The number of ether oxygens (including phenoxy) is 1. The predicted molar refractivity (Wildman–Crippen MR) is 137 cm³/mol. The van der Waals surface area contributed by atoms with Crippen molar-refractivity contribution in [2.45, 2.75) is 25.1 Å². The molecule has 3 aromatic rings. The summed E-state index contributed by atoms with van der Waals surface area (Å²) < 4.78 is 6.45. The van der Waals surface area contributed by atoms with Gasteiger partial charge in [-0.2, -0.15) is 0 Å². The Hall–Kier alpha value is -3.30. The van der Waals surface area contributed by atoms with E-state index in [2.05, 4.69) is 4.98 Å². The van der Waals surface area contributed by atoms with E-state index in [9.17, 15) is 14.4 Å². The number of nitrogens with two attached hydrogens (primary N) is 1. The molecule has 1 aromatic heterocycles. The molecular weight excluding hydrogens is 452 g/mol. The number of aromatic amines is 1. The highest BCUT2D eigenvalue weighted by atomic mass is 32.2. The number of hydrogen-bond donors (Lipinski definition) is 2. The fourth-order valence-corrected chi connectivity index (χ4v) is 4.86. The molecule has 0 aliphatic rings. The third-order valence-corrected chi connectivity index (χ3v) is 6.62. The van der Waals surface area contributed by atoms with Crippen LogP contribution in [0.4, 0.5) is 11.5 Å². The summed E-state index contributed by atoms with van der Waals surface area (Å²) in [5, 5.41) is -0.0692. The van der Waals surface area contributed by atoms with Gasteiger partial charge in [0.25, 0.3) is 5.56 Å². The number of nitrogen functional groups attached to an aromatic ring is 1. The molecule has 3 rings (SSSR count). The van der Waals surface area contributed by atoms with Gasteiger partial charge in [0.2, 0.25) is 5.91 Å². The average molecular weight is 483 g/mol. The van der Waals surface area contributed by atoms with Crippen molar-refractivity contribution >= 4 is 29.2 Å². The van der Waals surface area contributed by atoms with Crippen molar-refractivity contribution < 1.29 is 9.53 Å². The number of nitrogens with zero attached hydrogens (tertiary/aromatic N) is 2. The molecule has 1 heterocycles. The van der Waals surface area contributed by atoms with Gasteiger partial charge < -0.3 is 15.4 Å². The molecule has 0 fully saturated rings. The predicted octanol–water partition coefficient (Wildman–Crippen LogP) is 3.03. The number of anilines is 2. The van der Waals surface area contributed by atoms with Crippen LogP contribution in [-0.2, 0) is 16.1 Å². The number of nitrogens with one attached hydrogen (secondary N) is 1. The number of H-pyrrole nitrogens is 1. The van der Waals surface area contributed by atoms with Crippen LogP contribution in [-0.4, -0.2) is 41.5 Å². The lowest BCUT2D eigenvalue weighted by Gasteiger charge is -2.25. The molecule has 0 atom stereocenters. The molecular formula is C25H30N4O4S. The quantitative estimate of drug-likeness (QED) is 0.435. The van der Waals surface area contributed by atoms with Crippen molar-refractivity contribution in [1.29, 1.82) is 0 Å². The highest BCUT2D eigenvalue weighted by Gasteiger charge is 2.25. The number of benzene rings is 2. The molecule has 34 heavy (non-hydrogen) atoms. The lowest BCUT2D eigenvalue weighted by atomic mass is 10.0. The SMILES string of the molecule is CCCn1c(N)c(N(CCOC)C(=O)CSC(c2ccccc2)c2ccccc2)c(=O)[nH]c1=O. The maximum absolute atomic E-state index is 13.4. The van der Waals surface area contributed by atoms with Crippen LogP contribution in [0, 0.1) is 0 Å². The molecule has 0 radical (unpaired) electrons. The Bertz CT molecular complexity index is 1160. The van der Waals surface area contributed by atoms with Crippen LogP contribution in [0.5, 0.6) is 0 Å². The molecule has 0 aliphatic heterocycles. The zero-order valence-electron chi connectivity index (χ0n) is 19.4. The molecule has 9 heteroatoms. The fraction of sp³-hybridized carbons (Fsp3) is 0.320. The van der Waals surface area contributed by atoms with Crippen molar-refractivity contribution in [3.8, 4) is 0 Å². The van der Waals surface area contributed by atoms with Gasteiger partial charge in [-0.25, -0.2) is 4.79 Å². The van der Waals surface area contributed by atoms with Crippen LogP contribution in [0.2, 0.25) is 0 Å². The van der Waals surface area contributed by atoms with Crippen molar-refractivity contribution in [2.75, 3.05) is 36.6 Å². The summed E-state index contributed by atoms with van der Waals surface area (Å²) in [6.07, 6.45) is 0.646. The van der Waals surface area contributed by atoms with E-state index in [0.29, 0.717) is 13.0 Å². The molecule has 0 aliphatic carbocycles. The largest absolute Gasteiger partial charge is 0.383 e. The van der Waals surface area contributed by atoms with Crippen LogP contribution in [0.3, 0.4) is 0 Å². The van der Waals surface area contributed by atoms with Crippen molar-refractivity contribution in [1.82, 2.24) is 9.55 Å². The first-order chi connectivity index (χ1) is 16.5. The highest BCUT2D eigenvalue weighted by Crippen LogP contribution is 2.35. The van der Waals surface area contributed by atoms with Gasteiger partial charge in [-0.3, -0.25) is 19.1 Å². The molecule has 2 aromatic carbocycles. The topological polar surface area (TPSA) is 110 Å². The lowest BCUT2D eigenvalue weighted by molar-refractivity contribution is -0.116. The number of carbonyl (C=O) groups excluding carboxylic acids is 1. The summed E-state index contributed by atoms with van der Waals surface area (Å²) in [6.45, 7) is 2.58. The van der Waals surface area contributed by atoms with Gasteiger partial charge in [-0.1, -0.05) is 67.6 Å². The van der Waals surface area contributed by atoms with Crippen LogP contribution < -0.4 is 21.9 Å². The van der Waals surface area contributed by atoms with Crippen molar-refractivity contribution in [3.63, 3.8) is 0 Å². The average Bonchev–Trinajstić information content (AvgIpc) is 2.85. The van der Waals surface area contributed by atoms with Crippen molar-refractivity contribution in [2.24, 2.45) is 0 Å². The normalized spacial score (nSPS) is 11.0. The molecule has 8 nitrogen and oxygen atoms in total. The monoisotopic (exact) mass is 482 g/mol. The van der Waals surface area contributed by atoms with Gasteiger partial charge in [0.1, 0.15) is 5.82 Å². The van der Waals surface area contributed by atoms with E-state index in [0.717, 1.165) is 11.1 Å². The number of aromatic nitrogens is 2. The number of hydrogen-bond acceptors (Lipinski definition) is 6. The van der Waals surface area contributed by atoms with E-state index in [1.165, 1.54) is 28.3 Å². The van der Waals surface area contributed by atoms with Gasteiger partial charge >= 0.3 is 5.69 Å². The maximum Gasteiger partial charge on any atom is 0.330 e. The molecule has 0 saturated heterocycles. The number of rotatable bonds is 11. The minimum absolute atomic E-state index is 0.0206. The third kappa shape index (κ3) is 5.98. The zero-order chi connectivity index (χ0) is 24.5. The molecule has 3 N–H and O–H groups in total. The van der Waals surface area contributed by atoms with Gasteiger partial charge in [0.05, 0.1) is 17.6 Å². The first-order valence-electron chi connectivity index (χ1n) is 11.1. The number of thioether (sulfide) groups is 1. The van der Waals surface area contributed by atoms with Crippen LogP contribution in [0.1, 0.15) is 29.7 Å². The Morgan fingerprint density at radius 3 is 2.21 bits per heavy atom. The molecule has 0 spiro atoms. The van der Waals surface area contributed by atoms with E-state index in [4.69, 9.17) is 10.5 Å². The Morgan fingerprint density at radius 1 is 1.09 bits per heavy atom. The zero-order valence-corrected chi connectivity index (χ0v) is 20.2. The van der Waals surface area contributed by atoms with Crippen molar-refractivity contribution in [3.05, 3.63) is 92.6 Å². The number of carbonyl (C=O) groups is 1. The Morgan fingerprint density at radius 2 is 1.68 bits per heavy atom. The summed E-state index contributed by atoms with van der Waals surface area (Å²) in [7, 11) is 1.52. The van der Waals surface area contributed by atoms with Gasteiger partial charge in [0, 0.05) is 20.2 Å². The second kappa shape index (κ2) is 12.2. The molecule has 180 valence electrons. The molecule has 1 amide bonds. The van der Waals surface area contributed by atoms with Crippen LogP contribution in [0.25, 0.3) is 0 Å². The van der Waals surface area contributed by atoms with E-state index >= 15 is 0 Å². The van der Waals surface area contributed by atoms with Gasteiger partial charge in [-0.15, -0.1) is 11.8 Å². The van der Waals surface area contributed by atoms with E-state index in [1.54, 1.807) is 0 Å². The van der Waals surface area contributed by atoms with Crippen LogP contribution in [0.15, 0.2) is 70.3 Å². The minimum atomic E-state index is -0.688. The Kier molecular flexibility index (Phi) is 9.12. The molecule has 0 bridgehead atoms. The van der Waals surface area contributed by atoms with E-state index < -0.39 is 11.2 Å². The summed E-state index contributed by atoms with van der Waals surface area (Å²) >= 11 is 1.47. The smallest absolute Gasteiger partial charge is 0.330 e. The number of amides is 1. The standard InChI is InChI=1S/C25H30N4O4S/c1-3-14-29-23(26)21(24(31)27-25(29)32)28(15-16-33-2)20(30)17-34-22(18-10-6-4-7-11-18)19-12-8-5-9-13-19/h4-13,22H,3,14-17,26H2,1-2H3,(H,27,31,32). The van der Waals surface area contributed by atoms with Crippen LogP contribution >= 0.6 is 11.8 Å². The Balaban J connectivity index is 1.92. The fourth-order valence-electron chi connectivity index (χ4n) is 3.70. The first kappa shape index (κ1) is 25.3. The second-order valence-corrected chi connectivity index (χ2v) is 8.79. The Labute approximate surface area is 202 Å². The minimum Gasteiger partial charge on any atom is -0.383 e.